The number of anilines is 5. The van der Waals surface area contributed by atoms with E-state index in [9.17, 15) is 0 Å². The highest BCUT2D eigenvalue weighted by Crippen LogP contribution is 2.46. The van der Waals surface area contributed by atoms with Gasteiger partial charge in [0.15, 0.2) is 0 Å². The molecule has 2 nitrogen and oxygen atoms in total. The largest absolute Gasteiger partial charge is 0.331 e. The van der Waals surface area contributed by atoms with Gasteiger partial charge in [0.05, 0.1) is 5.54 Å². The van der Waals surface area contributed by atoms with E-state index >= 15 is 0 Å². The van der Waals surface area contributed by atoms with Crippen LogP contribution in [-0.2, 0) is 0 Å². The smallest absolute Gasteiger partial charge is 0.0711 e. The van der Waals surface area contributed by atoms with E-state index in [4.69, 9.17) is 0 Å². The van der Waals surface area contributed by atoms with E-state index in [0.717, 1.165) is 17.1 Å². The third kappa shape index (κ3) is 4.98. The fourth-order valence-electron chi connectivity index (χ4n) is 6.22. The number of hydrogen-bond donors (Lipinski definition) is 0. The molecular weight excluding hydrogens is 496 g/mol. The van der Waals surface area contributed by atoms with Gasteiger partial charge in [0, 0.05) is 34.4 Å². The van der Waals surface area contributed by atoms with Gasteiger partial charge in [0.1, 0.15) is 0 Å². The van der Waals surface area contributed by atoms with E-state index < -0.39 is 0 Å². The van der Waals surface area contributed by atoms with Gasteiger partial charge in [-0.05, 0) is 86.0 Å². The number of fused-ring (bicyclic) bond motifs is 1. The molecule has 2 atom stereocenters. The summed E-state index contributed by atoms with van der Waals surface area (Å²) in [6.45, 7) is 6.64. The maximum Gasteiger partial charge on any atom is 0.0711 e. The van der Waals surface area contributed by atoms with Gasteiger partial charge in [-0.15, -0.1) is 0 Å². The van der Waals surface area contributed by atoms with Gasteiger partial charge in [-0.1, -0.05) is 109 Å². The lowest BCUT2D eigenvalue weighted by Crippen LogP contribution is -2.49. The second-order valence-electron chi connectivity index (χ2n) is 10.8. The van der Waals surface area contributed by atoms with E-state index in [0.29, 0.717) is 0 Å². The van der Waals surface area contributed by atoms with Crippen molar-refractivity contribution in [3.63, 3.8) is 0 Å². The molecule has 4 aromatic rings. The lowest BCUT2D eigenvalue weighted by Gasteiger charge is -2.47. The van der Waals surface area contributed by atoms with Crippen molar-refractivity contribution in [1.29, 1.82) is 0 Å². The minimum absolute atomic E-state index is 0.228. The van der Waals surface area contributed by atoms with Gasteiger partial charge in [0.25, 0.3) is 0 Å². The Morgan fingerprint density at radius 1 is 0.707 bits per heavy atom. The number of benzene rings is 4. The number of rotatable bonds is 7. The molecule has 0 heterocycles. The Kier molecular flexibility index (Phi) is 7.31. The van der Waals surface area contributed by atoms with E-state index in [1.165, 1.54) is 28.1 Å². The summed E-state index contributed by atoms with van der Waals surface area (Å²) >= 11 is 0. The Morgan fingerprint density at radius 3 is 2.15 bits per heavy atom. The van der Waals surface area contributed by atoms with Crippen molar-refractivity contribution >= 4 is 34.5 Å². The number of nitrogens with zero attached hydrogens (tertiary/aromatic N) is 2. The Balaban J connectivity index is 1.53. The van der Waals surface area contributed by atoms with Gasteiger partial charge >= 0.3 is 0 Å². The molecule has 2 heteroatoms. The van der Waals surface area contributed by atoms with Crippen LogP contribution in [0.5, 0.6) is 0 Å². The average Bonchev–Trinajstić information content (AvgIpc) is 3.01. The molecule has 0 N–H and O–H groups in total. The monoisotopic (exact) mass is 532 g/mol. The van der Waals surface area contributed by atoms with Crippen LogP contribution in [0.4, 0.5) is 28.4 Å². The molecule has 6 rings (SSSR count). The van der Waals surface area contributed by atoms with E-state index in [1.807, 2.05) is 0 Å². The first-order valence-electron chi connectivity index (χ1n) is 14.4. The fraction of sp³-hybridized carbons (Fsp3) is 0.128. The second kappa shape index (κ2) is 11.3. The molecule has 0 bridgehead atoms. The van der Waals surface area contributed by atoms with E-state index in [-0.39, 0.29) is 11.5 Å². The maximum absolute atomic E-state index is 2.50. The molecule has 202 valence electrons. The van der Waals surface area contributed by atoms with Crippen LogP contribution in [0.1, 0.15) is 25.0 Å². The quantitative estimate of drug-likeness (QED) is 0.234. The molecule has 0 radical (unpaired) electrons. The molecule has 0 spiro atoms. The van der Waals surface area contributed by atoms with Crippen LogP contribution >= 0.6 is 0 Å². The van der Waals surface area contributed by atoms with Gasteiger partial charge in [0.2, 0.25) is 0 Å². The maximum atomic E-state index is 2.50. The Morgan fingerprint density at radius 2 is 1.39 bits per heavy atom. The molecule has 4 aromatic carbocycles. The van der Waals surface area contributed by atoms with Crippen LogP contribution in [0.25, 0.3) is 6.08 Å². The third-order valence-electron chi connectivity index (χ3n) is 8.21. The topological polar surface area (TPSA) is 6.48 Å². The minimum atomic E-state index is -0.301. The summed E-state index contributed by atoms with van der Waals surface area (Å²) in [7, 11) is 0. The van der Waals surface area contributed by atoms with Gasteiger partial charge in [-0.2, -0.15) is 0 Å². The lowest BCUT2D eigenvalue weighted by atomic mass is 9.73. The molecular formula is C39H36N2. The van der Waals surface area contributed by atoms with Crippen molar-refractivity contribution in [2.45, 2.75) is 26.3 Å². The van der Waals surface area contributed by atoms with Crippen molar-refractivity contribution in [3.05, 3.63) is 168 Å². The third-order valence-corrected chi connectivity index (χ3v) is 8.21. The summed E-state index contributed by atoms with van der Waals surface area (Å²) in [5.74, 6) is 0.228. The molecule has 2 aliphatic carbocycles. The van der Waals surface area contributed by atoms with Crippen molar-refractivity contribution in [1.82, 2.24) is 0 Å². The SMILES string of the molecule is CC=Cc1cccc(N(c2ccccc2)c2cccc(N(c3ccccc3)C3(C)C=CC=C4C=CC=CC43)c2)c1C. The molecule has 2 unspecified atom stereocenters. The summed E-state index contributed by atoms with van der Waals surface area (Å²) in [6.07, 6.45) is 20.0. The standard InChI is InChI=1S/C39H36N2/c1-4-16-31-18-13-27-38(30(31)2)40(33-20-7-5-8-21-33)35-24-14-25-36(29-35)41(34-22-9-6-10-23-34)39(3)28-15-19-32-17-11-12-26-37(32)39/h4-29,37H,1-3H3. The normalized spacial score (nSPS) is 19.2. The van der Waals surface area contributed by atoms with Crippen molar-refractivity contribution < 1.29 is 0 Å². The van der Waals surface area contributed by atoms with Gasteiger partial charge < -0.3 is 9.80 Å². The predicted octanol–water partition coefficient (Wildman–Crippen LogP) is 10.6. The van der Waals surface area contributed by atoms with Crippen LogP contribution in [-0.4, -0.2) is 5.54 Å². The van der Waals surface area contributed by atoms with Crippen LogP contribution < -0.4 is 9.80 Å². The van der Waals surface area contributed by atoms with Crippen LogP contribution in [0.2, 0.25) is 0 Å². The zero-order valence-corrected chi connectivity index (χ0v) is 24.0. The number of hydrogen-bond acceptors (Lipinski definition) is 2. The summed E-state index contributed by atoms with van der Waals surface area (Å²) in [4.78, 5) is 4.88. The summed E-state index contributed by atoms with van der Waals surface area (Å²) < 4.78 is 0. The number of allylic oxidation sites excluding steroid dienone is 6. The first kappa shape index (κ1) is 26.4. The first-order chi connectivity index (χ1) is 20.1. The highest BCUT2D eigenvalue weighted by atomic mass is 15.2. The summed E-state index contributed by atoms with van der Waals surface area (Å²) in [6, 6.07) is 37.0. The van der Waals surface area contributed by atoms with Crippen LogP contribution in [0.15, 0.2) is 157 Å². The van der Waals surface area contributed by atoms with Gasteiger partial charge in [-0.25, -0.2) is 0 Å². The highest BCUT2D eigenvalue weighted by molar-refractivity contribution is 5.83. The van der Waals surface area contributed by atoms with Crippen molar-refractivity contribution in [3.8, 4) is 0 Å². The second-order valence-corrected chi connectivity index (χ2v) is 10.8. The predicted molar refractivity (Wildman–Crippen MR) is 177 cm³/mol. The summed E-state index contributed by atoms with van der Waals surface area (Å²) in [5, 5.41) is 0. The van der Waals surface area contributed by atoms with Gasteiger partial charge in [-0.3, -0.25) is 0 Å². The Bertz CT molecular complexity index is 1670. The highest BCUT2D eigenvalue weighted by Gasteiger charge is 2.41. The van der Waals surface area contributed by atoms with Crippen LogP contribution in [0.3, 0.4) is 0 Å². The Labute approximate surface area is 244 Å². The molecule has 0 fully saturated rings. The molecule has 0 saturated carbocycles. The zero-order chi connectivity index (χ0) is 28.2. The lowest BCUT2D eigenvalue weighted by molar-refractivity contribution is 0.468. The first-order valence-corrected chi connectivity index (χ1v) is 14.4. The average molecular weight is 533 g/mol. The molecule has 0 aliphatic heterocycles. The van der Waals surface area contributed by atoms with Crippen molar-refractivity contribution in [2.75, 3.05) is 9.80 Å². The van der Waals surface area contributed by atoms with Crippen molar-refractivity contribution in [2.24, 2.45) is 5.92 Å². The zero-order valence-electron chi connectivity index (χ0n) is 24.0. The summed E-state index contributed by atoms with van der Waals surface area (Å²) in [5.41, 5.74) is 9.23. The minimum Gasteiger partial charge on any atom is -0.331 e. The molecule has 2 aliphatic rings. The fourth-order valence-corrected chi connectivity index (χ4v) is 6.22. The molecule has 0 saturated heterocycles. The Hall–Kier alpha value is -4.82. The molecule has 0 aromatic heterocycles. The van der Waals surface area contributed by atoms with Crippen LogP contribution in [0, 0.1) is 12.8 Å². The number of para-hydroxylation sites is 2. The van der Waals surface area contributed by atoms with E-state index in [2.05, 4.69) is 188 Å². The molecule has 41 heavy (non-hydrogen) atoms. The van der Waals surface area contributed by atoms with E-state index in [1.54, 1.807) is 0 Å². The molecule has 0 amide bonds.